The molecule has 24 heavy (non-hydrogen) atoms. The molecule has 0 aromatic rings. The number of amides is 3. The summed E-state index contributed by atoms with van der Waals surface area (Å²) in [6.07, 6.45) is 1.79. The van der Waals surface area contributed by atoms with E-state index >= 15 is 0 Å². The van der Waals surface area contributed by atoms with E-state index in [4.69, 9.17) is 4.74 Å². The molecule has 4 fully saturated rings. The van der Waals surface area contributed by atoms with E-state index in [1.165, 1.54) is 4.90 Å². The predicted octanol–water partition coefficient (Wildman–Crippen LogP) is -0.219. The lowest BCUT2D eigenvalue weighted by molar-refractivity contribution is -0.143. The van der Waals surface area contributed by atoms with Crippen LogP contribution < -0.4 is 5.32 Å². The van der Waals surface area contributed by atoms with Crippen LogP contribution in [0.3, 0.4) is 0 Å². The van der Waals surface area contributed by atoms with E-state index in [9.17, 15) is 14.4 Å². The van der Waals surface area contributed by atoms with E-state index in [2.05, 4.69) is 5.32 Å². The van der Waals surface area contributed by atoms with Crippen molar-refractivity contribution in [3.8, 4) is 0 Å². The molecule has 4 rings (SSSR count). The van der Waals surface area contributed by atoms with Gasteiger partial charge >= 0.3 is 0 Å². The molecule has 4 saturated heterocycles. The molecule has 5 atom stereocenters. The normalized spacial score (nSPS) is 37.6. The minimum Gasteiger partial charge on any atom is -0.373 e. The Kier molecular flexibility index (Phi) is 4.86. The van der Waals surface area contributed by atoms with Gasteiger partial charge in [-0.05, 0) is 19.8 Å². The van der Waals surface area contributed by atoms with Crippen molar-refractivity contribution in [2.45, 2.75) is 44.4 Å². The number of carbonyl (C=O) groups excluding carboxylic acids is 3. The summed E-state index contributed by atoms with van der Waals surface area (Å²) in [4.78, 5) is 40.6. The summed E-state index contributed by atoms with van der Waals surface area (Å²) >= 11 is 0. The maximum atomic E-state index is 12.5. The number of nitrogens with one attached hydrogen (secondary N) is 1. The molecule has 0 aliphatic carbocycles. The second kappa shape index (κ2) is 6.61. The van der Waals surface area contributed by atoms with Gasteiger partial charge in [0, 0.05) is 38.6 Å². The average Bonchev–Trinajstić information content (AvgIpc) is 3.21. The van der Waals surface area contributed by atoms with Crippen molar-refractivity contribution in [3.63, 3.8) is 0 Å². The highest BCUT2D eigenvalue weighted by Gasteiger charge is 2.62. The number of imide groups is 1. The van der Waals surface area contributed by atoms with Crippen LogP contribution in [0, 0.1) is 11.8 Å². The topological polar surface area (TPSA) is 79.0 Å². The number of nitrogens with zero attached hydrogens (tertiary/aromatic N) is 2. The van der Waals surface area contributed by atoms with Crippen LogP contribution in [0.2, 0.25) is 0 Å². The fraction of sp³-hybridized carbons (Fsp3) is 0.812. The van der Waals surface area contributed by atoms with E-state index in [1.54, 1.807) is 0 Å². The van der Waals surface area contributed by atoms with Crippen LogP contribution in [0.25, 0.3) is 0 Å². The molecule has 0 saturated carbocycles. The minimum atomic E-state index is -0.297. The Balaban J connectivity index is 0.00000169. The maximum absolute atomic E-state index is 12.5. The van der Waals surface area contributed by atoms with Gasteiger partial charge in [0.2, 0.25) is 17.7 Å². The van der Waals surface area contributed by atoms with E-state index < -0.39 is 0 Å². The Labute approximate surface area is 147 Å². The van der Waals surface area contributed by atoms with Crippen LogP contribution in [0.1, 0.15) is 26.2 Å². The standard InChI is InChI=1S/C16H23N3O4.ClH/c1-9-8-17-5-7-18(9)12(20)4-6-19-15(21)13-10-2-3-11(23-10)14(13)16(19)22;/h9-11,13-14,17H,2-8H2,1H3;1H. The second-order valence-corrected chi connectivity index (χ2v) is 7.06. The molecule has 0 aromatic heterocycles. The van der Waals surface area contributed by atoms with Crippen LogP contribution in [-0.4, -0.2) is 72.0 Å². The number of likely N-dealkylation sites (tertiary alicyclic amines) is 1. The largest absolute Gasteiger partial charge is 0.373 e. The minimum absolute atomic E-state index is 0. The molecule has 134 valence electrons. The molecule has 2 bridgehead atoms. The molecule has 4 aliphatic rings. The van der Waals surface area contributed by atoms with Crippen molar-refractivity contribution in [2.75, 3.05) is 26.2 Å². The van der Waals surface area contributed by atoms with Crippen molar-refractivity contribution in [2.24, 2.45) is 11.8 Å². The number of halogens is 1. The van der Waals surface area contributed by atoms with Gasteiger partial charge in [0.25, 0.3) is 0 Å². The third-order valence-electron chi connectivity index (χ3n) is 5.75. The summed E-state index contributed by atoms with van der Waals surface area (Å²) in [7, 11) is 0. The maximum Gasteiger partial charge on any atom is 0.235 e. The Morgan fingerprint density at radius 1 is 1.21 bits per heavy atom. The highest BCUT2D eigenvalue weighted by molar-refractivity contribution is 6.06. The molecule has 0 radical (unpaired) electrons. The summed E-state index contributed by atoms with van der Waals surface area (Å²) in [5, 5.41) is 3.25. The molecule has 8 heteroatoms. The number of rotatable bonds is 3. The molecule has 4 heterocycles. The first-order chi connectivity index (χ1) is 11.1. The Bertz CT molecular complexity index is 529. The number of hydrogen-bond acceptors (Lipinski definition) is 5. The Morgan fingerprint density at radius 3 is 2.42 bits per heavy atom. The molecule has 0 spiro atoms. The number of piperazine rings is 1. The molecule has 0 aromatic carbocycles. The summed E-state index contributed by atoms with van der Waals surface area (Å²) in [5.74, 6) is -0.832. The van der Waals surface area contributed by atoms with Gasteiger partial charge in [0.1, 0.15) is 0 Å². The molecule has 1 N–H and O–H groups in total. The number of ether oxygens (including phenoxy) is 1. The first kappa shape index (κ1) is 17.6. The highest BCUT2D eigenvalue weighted by Crippen LogP contribution is 2.48. The van der Waals surface area contributed by atoms with Crippen molar-refractivity contribution in [3.05, 3.63) is 0 Å². The third-order valence-corrected chi connectivity index (χ3v) is 5.75. The van der Waals surface area contributed by atoms with Gasteiger partial charge in [-0.2, -0.15) is 0 Å². The summed E-state index contributed by atoms with van der Waals surface area (Å²) in [6, 6.07) is 0.157. The fourth-order valence-corrected chi connectivity index (χ4v) is 4.56. The van der Waals surface area contributed by atoms with Gasteiger partial charge < -0.3 is 15.0 Å². The zero-order chi connectivity index (χ0) is 16.1. The highest BCUT2D eigenvalue weighted by atomic mass is 35.5. The monoisotopic (exact) mass is 357 g/mol. The van der Waals surface area contributed by atoms with Crippen LogP contribution in [0.4, 0.5) is 0 Å². The summed E-state index contributed by atoms with van der Waals surface area (Å²) in [5.41, 5.74) is 0. The number of carbonyl (C=O) groups is 3. The molecule has 7 nitrogen and oxygen atoms in total. The smallest absolute Gasteiger partial charge is 0.235 e. The second-order valence-electron chi connectivity index (χ2n) is 7.06. The molecular weight excluding hydrogens is 334 g/mol. The van der Waals surface area contributed by atoms with Crippen LogP contribution in [-0.2, 0) is 19.1 Å². The van der Waals surface area contributed by atoms with E-state index in [0.29, 0.717) is 6.54 Å². The molecular formula is C16H24ClN3O4. The summed E-state index contributed by atoms with van der Waals surface area (Å²) < 4.78 is 5.71. The third kappa shape index (κ3) is 2.62. The fourth-order valence-electron chi connectivity index (χ4n) is 4.56. The van der Waals surface area contributed by atoms with Crippen LogP contribution in [0.5, 0.6) is 0 Å². The van der Waals surface area contributed by atoms with Gasteiger partial charge in [-0.25, -0.2) is 0 Å². The van der Waals surface area contributed by atoms with Gasteiger partial charge in [-0.15, -0.1) is 12.4 Å². The van der Waals surface area contributed by atoms with Crippen LogP contribution >= 0.6 is 12.4 Å². The van der Waals surface area contributed by atoms with Gasteiger partial charge in [-0.3, -0.25) is 19.3 Å². The van der Waals surface area contributed by atoms with E-state index in [-0.39, 0.29) is 73.2 Å². The van der Waals surface area contributed by atoms with E-state index in [1.807, 2.05) is 11.8 Å². The summed E-state index contributed by atoms with van der Waals surface area (Å²) in [6.45, 7) is 4.49. The van der Waals surface area contributed by atoms with E-state index in [0.717, 1.165) is 25.9 Å². The quantitative estimate of drug-likeness (QED) is 0.707. The first-order valence-electron chi connectivity index (χ1n) is 8.59. The number of fused-ring (bicyclic) bond motifs is 5. The zero-order valence-electron chi connectivity index (χ0n) is 13.8. The number of hydrogen-bond donors (Lipinski definition) is 1. The average molecular weight is 358 g/mol. The molecule has 5 unspecified atom stereocenters. The first-order valence-corrected chi connectivity index (χ1v) is 8.59. The lowest BCUT2D eigenvalue weighted by Gasteiger charge is -2.34. The van der Waals surface area contributed by atoms with Crippen LogP contribution in [0.15, 0.2) is 0 Å². The van der Waals surface area contributed by atoms with Gasteiger partial charge in [0.15, 0.2) is 0 Å². The zero-order valence-corrected chi connectivity index (χ0v) is 14.6. The lowest BCUT2D eigenvalue weighted by atomic mass is 9.81. The lowest BCUT2D eigenvalue weighted by Crippen LogP contribution is -2.52. The Hall–Kier alpha value is -1.18. The Morgan fingerprint density at radius 2 is 1.83 bits per heavy atom. The predicted molar refractivity (Wildman–Crippen MR) is 87.5 cm³/mol. The van der Waals surface area contributed by atoms with Crippen molar-refractivity contribution >= 4 is 30.1 Å². The molecule has 4 aliphatic heterocycles. The van der Waals surface area contributed by atoms with Crippen molar-refractivity contribution < 1.29 is 19.1 Å². The molecule has 3 amide bonds. The van der Waals surface area contributed by atoms with Crippen molar-refractivity contribution in [1.82, 2.24) is 15.1 Å². The SMILES string of the molecule is CC1CNCCN1C(=O)CCN1C(=O)C2C3CCC(O3)C2C1=O.Cl. The van der Waals surface area contributed by atoms with Gasteiger partial charge in [-0.1, -0.05) is 0 Å². The van der Waals surface area contributed by atoms with Crippen molar-refractivity contribution in [1.29, 1.82) is 0 Å². The van der Waals surface area contributed by atoms with Gasteiger partial charge in [0.05, 0.1) is 24.0 Å².